The van der Waals surface area contributed by atoms with Gasteiger partial charge >= 0.3 is 0 Å². The lowest BCUT2D eigenvalue weighted by Crippen LogP contribution is -2.49. The Balaban J connectivity index is 1.51. The van der Waals surface area contributed by atoms with Crippen LogP contribution in [-0.2, 0) is 6.42 Å². The minimum atomic E-state index is -0.426. The number of halogens is 2. The molecule has 0 amide bonds. The number of piperidine rings is 1. The molecule has 1 aliphatic rings. The number of hydrogen-bond donors (Lipinski definition) is 2. The molecule has 28 heavy (non-hydrogen) atoms. The normalized spacial score (nSPS) is 15.5. The highest BCUT2D eigenvalue weighted by atomic mass is 19.1. The summed E-state index contributed by atoms with van der Waals surface area (Å²) in [6.07, 6.45) is 4.15. The standard InChI is InChI=1S/C21H27F2N5/c1-2-24-21(26-12-8-16-15-17(22)6-7-19(16)23)27-18-9-13-28(14-10-18)20-5-3-4-11-25-20/h3-7,11,15,18H,2,8-10,12-14H2,1H3,(H2,24,26,27). The Bertz CT molecular complexity index is 774. The van der Waals surface area contributed by atoms with Crippen molar-refractivity contribution in [2.45, 2.75) is 32.2 Å². The van der Waals surface area contributed by atoms with Crippen LogP contribution in [0.4, 0.5) is 14.6 Å². The fourth-order valence-electron chi connectivity index (χ4n) is 3.33. The van der Waals surface area contributed by atoms with Gasteiger partial charge in [0, 0.05) is 38.4 Å². The molecule has 0 radical (unpaired) electrons. The Labute approximate surface area is 164 Å². The quantitative estimate of drug-likeness (QED) is 0.591. The number of aromatic nitrogens is 1. The summed E-state index contributed by atoms with van der Waals surface area (Å²) < 4.78 is 27.0. The summed E-state index contributed by atoms with van der Waals surface area (Å²) in [5, 5.41) is 6.70. The fraction of sp³-hybridized carbons (Fsp3) is 0.429. The van der Waals surface area contributed by atoms with E-state index in [1.54, 1.807) is 0 Å². The van der Waals surface area contributed by atoms with Crippen LogP contribution in [-0.4, -0.2) is 43.2 Å². The molecule has 1 fully saturated rings. The molecule has 3 rings (SSSR count). The molecule has 0 spiro atoms. The maximum Gasteiger partial charge on any atom is 0.191 e. The molecule has 0 saturated carbocycles. The van der Waals surface area contributed by atoms with Gasteiger partial charge in [-0.1, -0.05) is 6.07 Å². The predicted molar refractivity (Wildman–Crippen MR) is 109 cm³/mol. The van der Waals surface area contributed by atoms with Crippen molar-refractivity contribution < 1.29 is 8.78 Å². The first-order valence-electron chi connectivity index (χ1n) is 9.80. The molecule has 0 aliphatic carbocycles. The van der Waals surface area contributed by atoms with Crippen molar-refractivity contribution in [1.29, 1.82) is 0 Å². The maximum atomic E-state index is 13.7. The van der Waals surface area contributed by atoms with Crippen LogP contribution in [0.2, 0.25) is 0 Å². The van der Waals surface area contributed by atoms with E-state index in [9.17, 15) is 8.78 Å². The van der Waals surface area contributed by atoms with E-state index >= 15 is 0 Å². The van der Waals surface area contributed by atoms with Gasteiger partial charge < -0.3 is 15.5 Å². The van der Waals surface area contributed by atoms with Gasteiger partial charge in [0.1, 0.15) is 17.5 Å². The number of aliphatic imine (C=N–C) groups is 1. The highest BCUT2D eigenvalue weighted by Crippen LogP contribution is 2.17. The average Bonchev–Trinajstić information content (AvgIpc) is 2.72. The summed E-state index contributed by atoms with van der Waals surface area (Å²) in [5.74, 6) is 0.913. The van der Waals surface area contributed by atoms with E-state index in [-0.39, 0.29) is 0 Å². The molecule has 1 aliphatic heterocycles. The second kappa shape index (κ2) is 10.0. The minimum absolute atomic E-state index is 0.323. The van der Waals surface area contributed by atoms with Crippen molar-refractivity contribution >= 4 is 11.8 Å². The smallest absolute Gasteiger partial charge is 0.191 e. The molecule has 1 saturated heterocycles. The van der Waals surface area contributed by atoms with E-state index in [4.69, 9.17) is 0 Å². The van der Waals surface area contributed by atoms with Gasteiger partial charge in [-0.15, -0.1) is 0 Å². The molecule has 150 valence electrons. The Kier molecular flexibility index (Phi) is 7.17. The summed E-state index contributed by atoms with van der Waals surface area (Å²) in [6, 6.07) is 9.81. The molecular formula is C21H27F2N5. The number of benzene rings is 1. The lowest BCUT2D eigenvalue weighted by Gasteiger charge is -2.33. The average molecular weight is 387 g/mol. The van der Waals surface area contributed by atoms with Crippen LogP contribution in [0.1, 0.15) is 25.3 Å². The van der Waals surface area contributed by atoms with Gasteiger partial charge in [0.2, 0.25) is 0 Å². The first-order valence-corrected chi connectivity index (χ1v) is 9.80. The molecule has 2 aromatic rings. The van der Waals surface area contributed by atoms with Crippen molar-refractivity contribution in [3.8, 4) is 0 Å². The lowest BCUT2D eigenvalue weighted by atomic mass is 10.1. The van der Waals surface area contributed by atoms with Gasteiger partial charge in [0.25, 0.3) is 0 Å². The molecule has 7 heteroatoms. The zero-order valence-electron chi connectivity index (χ0n) is 16.2. The topological polar surface area (TPSA) is 52.6 Å². The second-order valence-corrected chi connectivity index (χ2v) is 6.84. The van der Waals surface area contributed by atoms with Crippen molar-refractivity contribution in [2.75, 3.05) is 31.1 Å². The number of anilines is 1. The predicted octanol–water partition coefficient (Wildman–Crippen LogP) is 3.13. The highest BCUT2D eigenvalue weighted by Gasteiger charge is 2.20. The molecule has 0 atom stereocenters. The summed E-state index contributed by atoms with van der Waals surface area (Å²) in [5.41, 5.74) is 0.350. The second-order valence-electron chi connectivity index (χ2n) is 6.84. The maximum absolute atomic E-state index is 13.7. The van der Waals surface area contributed by atoms with Crippen molar-refractivity contribution in [1.82, 2.24) is 15.6 Å². The Hall–Kier alpha value is -2.70. The van der Waals surface area contributed by atoms with E-state index in [1.807, 2.05) is 31.3 Å². The third-order valence-corrected chi connectivity index (χ3v) is 4.81. The van der Waals surface area contributed by atoms with E-state index in [0.29, 0.717) is 24.6 Å². The third-order valence-electron chi connectivity index (χ3n) is 4.81. The lowest BCUT2D eigenvalue weighted by molar-refractivity contribution is 0.459. The van der Waals surface area contributed by atoms with Gasteiger partial charge in [0.05, 0.1) is 0 Å². The Morgan fingerprint density at radius 3 is 2.75 bits per heavy atom. The molecule has 0 unspecified atom stereocenters. The van der Waals surface area contributed by atoms with Gasteiger partial charge in [-0.3, -0.25) is 4.99 Å². The van der Waals surface area contributed by atoms with E-state index in [0.717, 1.165) is 56.4 Å². The molecule has 1 aromatic heterocycles. The molecular weight excluding hydrogens is 360 g/mol. The molecule has 0 bridgehead atoms. The van der Waals surface area contributed by atoms with Crippen LogP contribution >= 0.6 is 0 Å². The summed E-state index contributed by atoms with van der Waals surface area (Å²) in [6.45, 7) is 5.01. The van der Waals surface area contributed by atoms with Crippen LogP contribution in [0.5, 0.6) is 0 Å². The number of pyridine rings is 1. The first-order chi connectivity index (χ1) is 13.7. The van der Waals surface area contributed by atoms with E-state index in [1.165, 1.54) is 6.07 Å². The van der Waals surface area contributed by atoms with Crippen LogP contribution in [0, 0.1) is 11.6 Å². The minimum Gasteiger partial charge on any atom is -0.357 e. The monoisotopic (exact) mass is 387 g/mol. The largest absolute Gasteiger partial charge is 0.357 e. The van der Waals surface area contributed by atoms with Crippen molar-refractivity contribution in [2.24, 2.45) is 4.99 Å². The number of rotatable bonds is 6. The van der Waals surface area contributed by atoms with Gasteiger partial charge in [0.15, 0.2) is 5.96 Å². The first kappa shape index (κ1) is 20.0. The molecule has 1 aromatic carbocycles. The van der Waals surface area contributed by atoms with E-state index < -0.39 is 11.6 Å². The van der Waals surface area contributed by atoms with Crippen LogP contribution in [0.3, 0.4) is 0 Å². The van der Waals surface area contributed by atoms with Crippen molar-refractivity contribution in [3.05, 3.63) is 59.8 Å². The van der Waals surface area contributed by atoms with Crippen molar-refractivity contribution in [3.63, 3.8) is 0 Å². The zero-order valence-corrected chi connectivity index (χ0v) is 16.2. The summed E-state index contributed by atoms with van der Waals surface area (Å²) >= 11 is 0. The Morgan fingerprint density at radius 2 is 2.04 bits per heavy atom. The summed E-state index contributed by atoms with van der Waals surface area (Å²) in [4.78, 5) is 11.2. The zero-order chi connectivity index (χ0) is 19.8. The van der Waals surface area contributed by atoms with E-state index in [2.05, 4.69) is 25.5 Å². The number of nitrogens with zero attached hydrogens (tertiary/aromatic N) is 3. The number of nitrogens with one attached hydrogen (secondary N) is 2. The van der Waals surface area contributed by atoms with Crippen LogP contribution < -0.4 is 15.5 Å². The third kappa shape index (κ3) is 5.65. The molecule has 2 N–H and O–H groups in total. The van der Waals surface area contributed by atoms with Gasteiger partial charge in [-0.05, 0) is 62.1 Å². The number of guanidine groups is 1. The molecule has 5 nitrogen and oxygen atoms in total. The molecule has 2 heterocycles. The highest BCUT2D eigenvalue weighted by molar-refractivity contribution is 5.80. The van der Waals surface area contributed by atoms with Gasteiger partial charge in [-0.25, -0.2) is 13.8 Å². The van der Waals surface area contributed by atoms with Gasteiger partial charge in [-0.2, -0.15) is 0 Å². The summed E-state index contributed by atoms with van der Waals surface area (Å²) in [7, 11) is 0. The fourth-order valence-corrected chi connectivity index (χ4v) is 3.33. The number of hydrogen-bond acceptors (Lipinski definition) is 3. The van der Waals surface area contributed by atoms with Crippen LogP contribution in [0.25, 0.3) is 0 Å². The Morgan fingerprint density at radius 1 is 1.21 bits per heavy atom. The van der Waals surface area contributed by atoms with Crippen LogP contribution in [0.15, 0.2) is 47.6 Å². The SMILES string of the molecule is CCNC(=NCCc1cc(F)ccc1F)NC1CCN(c2ccccn2)CC1.